The number of hydrogen-bond acceptors (Lipinski definition) is 9. The molecule has 0 fully saturated rings. The molecule has 162 valence electrons. The van der Waals surface area contributed by atoms with E-state index in [0.29, 0.717) is 17.5 Å². The number of nitro groups is 1. The molecule has 0 saturated carbocycles. The second kappa shape index (κ2) is 8.97. The lowest BCUT2D eigenvalue weighted by atomic mass is 10.2. The van der Waals surface area contributed by atoms with Gasteiger partial charge in [0.25, 0.3) is 0 Å². The molecule has 2 aromatic carbocycles. The lowest BCUT2D eigenvalue weighted by molar-refractivity contribution is -0.383. The molecule has 0 bridgehead atoms. The highest BCUT2D eigenvalue weighted by atomic mass is 32.1. The second-order valence-corrected chi connectivity index (χ2v) is 8.05. The van der Waals surface area contributed by atoms with E-state index in [0.717, 1.165) is 15.8 Å². The molecule has 0 radical (unpaired) electrons. The Hall–Kier alpha value is -4.44. The summed E-state index contributed by atoms with van der Waals surface area (Å²) in [5.41, 5.74) is 1.51. The Morgan fingerprint density at radius 3 is 2.48 bits per heavy atom. The van der Waals surface area contributed by atoms with E-state index in [-0.39, 0.29) is 17.3 Å². The number of para-hydroxylation sites is 1. The van der Waals surface area contributed by atoms with Gasteiger partial charge in [-0.05, 0) is 29.8 Å². The zero-order valence-electron chi connectivity index (χ0n) is 17.2. The van der Waals surface area contributed by atoms with Crippen LogP contribution in [-0.2, 0) is 6.54 Å². The first-order chi connectivity index (χ1) is 16.2. The quantitative estimate of drug-likeness (QED) is 0.254. The van der Waals surface area contributed by atoms with Crippen LogP contribution in [0.3, 0.4) is 0 Å². The summed E-state index contributed by atoms with van der Waals surface area (Å²) in [6.45, 7) is 0.344. The summed E-state index contributed by atoms with van der Waals surface area (Å²) in [6.07, 6.45) is 2.94. The number of benzene rings is 2. The monoisotopic (exact) mass is 455 g/mol. The van der Waals surface area contributed by atoms with Gasteiger partial charge in [-0.25, -0.2) is 19.9 Å². The Labute approximate surface area is 192 Å². The van der Waals surface area contributed by atoms with Crippen molar-refractivity contribution in [3.05, 3.63) is 101 Å². The van der Waals surface area contributed by atoms with E-state index >= 15 is 0 Å². The highest BCUT2D eigenvalue weighted by Gasteiger charge is 2.29. The maximum Gasteiger partial charge on any atom is 0.354 e. The Morgan fingerprint density at radius 1 is 0.939 bits per heavy atom. The molecule has 0 atom stereocenters. The summed E-state index contributed by atoms with van der Waals surface area (Å²) in [4.78, 5) is 30.8. The standard InChI is InChI=1S/C23H17N7O2S/c31-30(32)20-21(28-23-27-17-10-4-5-11-18(17)33-23)25-15-26-22(20)29(19-12-6-7-13-24-19)14-16-8-2-1-3-9-16/h1-13,15H,14H2,(H,25,26,27,28). The molecule has 3 aromatic heterocycles. The number of hydrogen-bond donors (Lipinski definition) is 1. The van der Waals surface area contributed by atoms with E-state index in [2.05, 4.69) is 25.3 Å². The molecule has 0 aliphatic rings. The number of thiazole rings is 1. The lowest BCUT2D eigenvalue weighted by Gasteiger charge is -2.23. The summed E-state index contributed by atoms with van der Waals surface area (Å²) >= 11 is 1.39. The predicted molar refractivity (Wildman–Crippen MR) is 128 cm³/mol. The van der Waals surface area contributed by atoms with Crippen LogP contribution >= 0.6 is 11.3 Å². The molecule has 0 amide bonds. The van der Waals surface area contributed by atoms with Crippen molar-refractivity contribution in [3.8, 4) is 0 Å². The van der Waals surface area contributed by atoms with Crippen molar-refractivity contribution in [2.75, 3.05) is 10.2 Å². The van der Waals surface area contributed by atoms with Gasteiger partial charge in [-0.3, -0.25) is 10.1 Å². The van der Waals surface area contributed by atoms with Crippen molar-refractivity contribution < 1.29 is 4.92 Å². The van der Waals surface area contributed by atoms with Crippen LogP contribution in [0.2, 0.25) is 0 Å². The van der Waals surface area contributed by atoms with Crippen LogP contribution in [0, 0.1) is 10.1 Å². The van der Waals surface area contributed by atoms with Crippen LogP contribution in [0.1, 0.15) is 5.56 Å². The van der Waals surface area contributed by atoms with Crippen LogP contribution in [0.5, 0.6) is 0 Å². The molecule has 10 heteroatoms. The topological polar surface area (TPSA) is 110 Å². The SMILES string of the molecule is O=[N+]([O-])c1c(Nc2nc3ccccc3s2)ncnc1N(Cc1ccccc1)c1ccccn1. The van der Waals surface area contributed by atoms with Crippen LogP contribution in [0.25, 0.3) is 10.2 Å². The number of nitrogens with zero attached hydrogens (tertiary/aromatic N) is 6. The van der Waals surface area contributed by atoms with Crippen molar-refractivity contribution in [2.45, 2.75) is 6.54 Å². The smallest absolute Gasteiger partial charge is 0.310 e. The van der Waals surface area contributed by atoms with Gasteiger partial charge < -0.3 is 10.2 Å². The van der Waals surface area contributed by atoms with Crippen LogP contribution in [0.4, 0.5) is 28.3 Å². The molecule has 0 unspecified atom stereocenters. The molecule has 3 heterocycles. The number of fused-ring (bicyclic) bond motifs is 1. The fourth-order valence-corrected chi connectivity index (χ4v) is 4.26. The normalized spacial score (nSPS) is 10.8. The van der Waals surface area contributed by atoms with Gasteiger partial charge in [0.15, 0.2) is 5.13 Å². The summed E-state index contributed by atoms with van der Waals surface area (Å²) in [7, 11) is 0. The predicted octanol–water partition coefficient (Wildman–Crippen LogP) is 5.47. The molecular weight excluding hydrogens is 438 g/mol. The Kier molecular flexibility index (Phi) is 5.56. The largest absolute Gasteiger partial charge is 0.354 e. The molecule has 0 aliphatic heterocycles. The fraction of sp³-hybridized carbons (Fsp3) is 0.0435. The van der Waals surface area contributed by atoms with Gasteiger partial charge >= 0.3 is 5.69 Å². The van der Waals surface area contributed by atoms with Crippen molar-refractivity contribution in [1.82, 2.24) is 19.9 Å². The number of nitrogens with one attached hydrogen (secondary N) is 1. The van der Waals surface area contributed by atoms with Gasteiger partial charge in [0.05, 0.1) is 21.7 Å². The summed E-state index contributed by atoms with van der Waals surface area (Å²) in [5, 5.41) is 15.7. The van der Waals surface area contributed by atoms with Gasteiger partial charge in [-0.1, -0.05) is 59.9 Å². The summed E-state index contributed by atoms with van der Waals surface area (Å²) < 4.78 is 0.969. The molecule has 33 heavy (non-hydrogen) atoms. The maximum atomic E-state index is 12.2. The highest BCUT2D eigenvalue weighted by Crippen LogP contribution is 2.38. The van der Waals surface area contributed by atoms with Gasteiger partial charge in [-0.15, -0.1) is 0 Å². The molecule has 0 spiro atoms. The number of rotatable bonds is 7. The Balaban J connectivity index is 1.59. The van der Waals surface area contributed by atoms with Gasteiger partial charge in [0.2, 0.25) is 11.6 Å². The minimum absolute atomic E-state index is 0.0676. The first-order valence-electron chi connectivity index (χ1n) is 10.0. The minimum atomic E-state index is -0.480. The van der Waals surface area contributed by atoms with Crippen molar-refractivity contribution >= 4 is 49.8 Å². The Morgan fingerprint density at radius 2 is 1.73 bits per heavy atom. The van der Waals surface area contributed by atoms with E-state index in [1.54, 1.807) is 23.2 Å². The Bertz CT molecular complexity index is 1380. The zero-order chi connectivity index (χ0) is 22.6. The average Bonchev–Trinajstić information content (AvgIpc) is 3.26. The highest BCUT2D eigenvalue weighted by molar-refractivity contribution is 7.22. The van der Waals surface area contributed by atoms with Crippen molar-refractivity contribution in [1.29, 1.82) is 0 Å². The van der Waals surface area contributed by atoms with Gasteiger partial charge in [-0.2, -0.15) is 0 Å². The number of pyridine rings is 1. The van der Waals surface area contributed by atoms with Crippen LogP contribution in [0.15, 0.2) is 85.3 Å². The number of anilines is 4. The van der Waals surface area contributed by atoms with Gasteiger partial charge in [0.1, 0.15) is 12.1 Å². The first kappa shape index (κ1) is 20.5. The van der Waals surface area contributed by atoms with Crippen molar-refractivity contribution in [2.24, 2.45) is 0 Å². The van der Waals surface area contributed by atoms with E-state index in [4.69, 9.17) is 0 Å². The third-order valence-corrected chi connectivity index (χ3v) is 5.82. The average molecular weight is 456 g/mol. The lowest BCUT2D eigenvalue weighted by Crippen LogP contribution is -2.21. The van der Waals surface area contributed by atoms with E-state index < -0.39 is 4.92 Å². The fourth-order valence-electron chi connectivity index (χ4n) is 3.40. The molecule has 0 aliphatic carbocycles. The summed E-state index contributed by atoms with van der Waals surface area (Å²) in [6, 6.07) is 22.7. The molecule has 5 rings (SSSR count). The zero-order valence-corrected chi connectivity index (χ0v) is 18.0. The molecule has 0 saturated heterocycles. The molecular formula is C23H17N7O2S. The summed E-state index contributed by atoms with van der Waals surface area (Å²) in [5.74, 6) is 0.744. The van der Waals surface area contributed by atoms with Crippen molar-refractivity contribution in [3.63, 3.8) is 0 Å². The van der Waals surface area contributed by atoms with Crippen LogP contribution in [-0.4, -0.2) is 24.9 Å². The third-order valence-electron chi connectivity index (χ3n) is 4.87. The maximum absolute atomic E-state index is 12.2. The molecule has 5 aromatic rings. The minimum Gasteiger partial charge on any atom is -0.310 e. The van der Waals surface area contributed by atoms with Gasteiger partial charge in [0, 0.05) is 6.20 Å². The third kappa shape index (κ3) is 4.32. The molecule has 1 N–H and O–H groups in total. The molecule has 9 nitrogen and oxygen atoms in total. The van der Waals surface area contributed by atoms with Crippen LogP contribution < -0.4 is 10.2 Å². The first-order valence-corrected chi connectivity index (χ1v) is 10.8. The van der Waals surface area contributed by atoms with E-state index in [9.17, 15) is 10.1 Å². The number of aromatic nitrogens is 4. The second-order valence-electron chi connectivity index (χ2n) is 7.02. The van der Waals surface area contributed by atoms with E-state index in [1.165, 1.54) is 17.7 Å². The van der Waals surface area contributed by atoms with E-state index in [1.807, 2.05) is 60.7 Å².